The average molecular weight is 221 g/mol. The van der Waals surface area contributed by atoms with E-state index in [0.29, 0.717) is 0 Å². The summed E-state index contributed by atoms with van der Waals surface area (Å²) in [6, 6.07) is 8.05. The van der Waals surface area contributed by atoms with Crippen molar-refractivity contribution in [2.75, 3.05) is 12.4 Å². The van der Waals surface area contributed by atoms with Crippen LogP contribution in [0.25, 0.3) is 0 Å². The lowest BCUT2D eigenvalue weighted by Crippen LogP contribution is -2.41. The van der Waals surface area contributed by atoms with E-state index in [1.54, 1.807) is 13.8 Å². The van der Waals surface area contributed by atoms with Gasteiger partial charge < -0.3 is 10.1 Å². The Labute approximate surface area is 96.8 Å². The van der Waals surface area contributed by atoms with E-state index in [2.05, 4.69) is 24.4 Å². The summed E-state index contributed by atoms with van der Waals surface area (Å²) < 4.78 is 4.73. The van der Waals surface area contributed by atoms with Crippen molar-refractivity contribution in [2.45, 2.75) is 32.7 Å². The summed E-state index contributed by atoms with van der Waals surface area (Å²) in [4.78, 5) is 11.5. The van der Waals surface area contributed by atoms with E-state index in [4.69, 9.17) is 4.74 Å². The Kier molecular flexibility index (Phi) is 3.93. The second-order valence-corrected chi connectivity index (χ2v) is 4.29. The Morgan fingerprint density at radius 1 is 1.31 bits per heavy atom. The van der Waals surface area contributed by atoms with Gasteiger partial charge in [-0.3, -0.25) is 0 Å². The molecule has 0 saturated heterocycles. The summed E-state index contributed by atoms with van der Waals surface area (Å²) in [5.41, 5.74) is 1.50. The highest BCUT2D eigenvalue weighted by Gasteiger charge is 2.28. The number of methoxy groups -OCH3 is 1. The van der Waals surface area contributed by atoms with Crippen LogP contribution in [0.15, 0.2) is 24.3 Å². The van der Waals surface area contributed by atoms with Crippen LogP contribution in [-0.2, 0) is 16.0 Å². The molecule has 0 unspecified atom stereocenters. The van der Waals surface area contributed by atoms with Gasteiger partial charge >= 0.3 is 5.97 Å². The maximum absolute atomic E-state index is 11.5. The van der Waals surface area contributed by atoms with Gasteiger partial charge in [0, 0.05) is 5.69 Å². The van der Waals surface area contributed by atoms with Crippen LogP contribution >= 0.6 is 0 Å². The molecule has 3 nitrogen and oxygen atoms in total. The lowest BCUT2D eigenvalue weighted by atomic mass is 10.0. The van der Waals surface area contributed by atoms with Gasteiger partial charge in [-0.15, -0.1) is 0 Å². The zero-order valence-electron chi connectivity index (χ0n) is 10.3. The molecule has 0 aromatic heterocycles. The van der Waals surface area contributed by atoms with Gasteiger partial charge in [-0.25, -0.2) is 4.79 Å². The number of rotatable bonds is 4. The lowest BCUT2D eigenvalue weighted by molar-refractivity contribution is -0.144. The molecule has 1 N–H and O–H groups in total. The molecule has 0 aliphatic heterocycles. The Hall–Kier alpha value is -1.51. The van der Waals surface area contributed by atoms with Gasteiger partial charge in [0.1, 0.15) is 5.54 Å². The minimum absolute atomic E-state index is 0.271. The fourth-order valence-corrected chi connectivity index (χ4v) is 1.49. The molecule has 0 aliphatic rings. The fourth-order valence-electron chi connectivity index (χ4n) is 1.49. The molecule has 1 rings (SSSR count). The van der Waals surface area contributed by atoms with Gasteiger partial charge in [0.05, 0.1) is 7.11 Å². The van der Waals surface area contributed by atoms with E-state index < -0.39 is 5.54 Å². The topological polar surface area (TPSA) is 38.3 Å². The molecule has 0 heterocycles. The molecule has 88 valence electrons. The highest BCUT2D eigenvalue weighted by Crippen LogP contribution is 2.17. The molecule has 3 heteroatoms. The Morgan fingerprint density at radius 3 is 2.31 bits per heavy atom. The second-order valence-electron chi connectivity index (χ2n) is 4.29. The van der Waals surface area contributed by atoms with Crippen molar-refractivity contribution in [3.63, 3.8) is 0 Å². The first-order valence-corrected chi connectivity index (χ1v) is 5.45. The molecule has 0 amide bonds. The molecule has 0 fully saturated rings. The van der Waals surface area contributed by atoms with E-state index in [9.17, 15) is 4.79 Å². The van der Waals surface area contributed by atoms with Crippen LogP contribution in [0.3, 0.4) is 0 Å². The van der Waals surface area contributed by atoms with Crippen LogP contribution in [0, 0.1) is 0 Å². The van der Waals surface area contributed by atoms with Crippen molar-refractivity contribution in [1.29, 1.82) is 0 Å². The third-order valence-electron chi connectivity index (χ3n) is 2.51. The van der Waals surface area contributed by atoms with Crippen molar-refractivity contribution >= 4 is 11.7 Å². The minimum Gasteiger partial charge on any atom is -0.467 e. The quantitative estimate of drug-likeness (QED) is 0.794. The molecule has 1 aromatic carbocycles. The fraction of sp³-hybridized carbons (Fsp3) is 0.462. The van der Waals surface area contributed by atoms with Gasteiger partial charge in [-0.1, -0.05) is 19.1 Å². The number of hydrogen-bond acceptors (Lipinski definition) is 3. The van der Waals surface area contributed by atoms with E-state index in [1.165, 1.54) is 12.7 Å². The van der Waals surface area contributed by atoms with Crippen molar-refractivity contribution in [3.05, 3.63) is 29.8 Å². The molecule has 0 aliphatic carbocycles. The number of anilines is 1. The Bertz CT molecular complexity index is 355. The van der Waals surface area contributed by atoms with Crippen LogP contribution in [-0.4, -0.2) is 18.6 Å². The first kappa shape index (κ1) is 12.6. The minimum atomic E-state index is -0.706. The molecule has 0 radical (unpaired) electrons. The third kappa shape index (κ3) is 2.99. The molecular weight excluding hydrogens is 202 g/mol. The zero-order chi connectivity index (χ0) is 12.2. The van der Waals surface area contributed by atoms with Crippen molar-refractivity contribution in [3.8, 4) is 0 Å². The lowest BCUT2D eigenvalue weighted by Gasteiger charge is -2.24. The van der Waals surface area contributed by atoms with Gasteiger partial charge in [-0.2, -0.15) is 0 Å². The Balaban J connectivity index is 2.76. The largest absolute Gasteiger partial charge is 0.467 e. The summed E-state index contributed by atoms with van der Waals surface area (Å²) in [7, 11) is 1.39. The number of ether oxygens (including phenoxy) is 1. The molecule has 0 spiro atoms. The van der Waals surface area contributed by atoms with E-state index in [0.717, 1.165) is 12.1 Å². The molecule has 0 bridgehead atoms. The number of hydrogen-bond donors (Lipinski definition) is 1. The van der Waals surface area contributed by atoms with Crippen LogP contribution in [0.2, 0.25) is 0 Å². The van der Waals surface area contributed by atoms with Crippen LogP contribution in [0.1, 0.15) is 26.3 Å². The number of carbonyl (C=O) groups is 1. The number of nitrogens with one attached hydrogen (secondary N) is 1. The van der Waals surface area contributed by atoms with E-state index >= 15 is 0 Å². The molecule has 0 atom stereocenters. The zero-order valence-corrected chi connectivity index (χ0v) is 10.3. The number of aryl methyl sites for hydroxylation is 1. The molecular formula is C13H19NO2. The van der Waals surface area contributed by atoms with Crippen molar-refractivity contribution < 1.29 is 9.53 Å². The SMILES string of the molecule is CCc1ccc(NC(C)(C)C(=O)OC)cc1. The predicted molar refractivity (Wildman–Crippen MR) is 65.5 cm³/mol. The molecule has 16 heavy (non-hydrogen) atoms. The summed E-state index contributed by atoms with van der Waals surface area (Å²) in [5, 5.41) is 3.15. The summed E-state index contributed by atoms with van der Waals surface area (Å²) >= 11 is 0. The first-order chi connectivity index (χ1) is 7.49. The molecule has 0 saturated carbocycles. The summed E-state index contributed by atoms with van der Waals surface area (Å²) in [5.74, 6) is -0.271. The van der Waals surface area contributed by atoms with Crippen LogP contribution in [0.4, 0.5) is 5.69 Å². The standard InChI is InChI=1S/C13H19NO2/c1-5-10-6-8-11(9-7-10)14-13(2,3)12(15)16-4/h6-9,14H,5H2,1-4H3. The monoisotopic (exact) mass is 221 g/mol. The maximum atomic E-state index is 11.5. The van der Waals surface area contributed by atoms with E-state index in [1.807, 2.05) is 12.1 Å². The van der Waals surface area contributed by atoms with Gasteiger partial charge in [-0.05, 0) is 38.0 Å². The maximum Gasteiger partial charge on any atom is 0.330 e. The van der Waals surface area contributed by atoms with E-state index in [-0.39, 0.29) is 5.97 Å². The van der Waals surface area contributed by atoms with Gasteiger partial charge in [0.15, 0.2) is 0 Å². The smallest absolute Gasteiger partial charge is 0.330 e. The second kappa shape index (κ2) is 5.01. The summed E-state index contributed by atoms with van der Waals surface area (Å²) in [6.45, 7) is 5.71. The number of esters is 1. The van der Waals surface area contributed by atoms with Crippen molar-refractivity contribution in [2.24, 2.45) is 0 Å². The normalized spacial score (nSPS) is 11.0. The van der Waals surface area contributed by atoms with Crippen LogP contribution in [0.5, 0.6) is 0 Å². The Morgan fingerprint density at radius 2 is 1.88 bits per heavy atom. The van der Waals surface area contributed by atoms with Gasteiger partial charge in [0.2, 0.25) is 0 Å². The number of carbonyl (C=O) groups excluding carboxylic acids is 1. The molecule has 1 aromatic rings. The van der Waals surface area contributed by atoms with Gasteiger partial charge in [0.25, 0.3) is 0 Å². The first-order valence-electron chi connectivity index (χ1n) is 5.45. The van der Waals surface area contributed by atoms with Crippen LogP contribution < -0.4 is 5.32 Å². The summed E-state index contributed by atoms with van der Waals surface area (Å²) in [6.07, 6.45) is 1.01. The predicted octanol–water partition coefficient (Wildman–Crippen LogP) is 2.61. The highest BCUT2D eigenvalue weighted by molar-refractivity contribution is 5.83. The third-order valence-corrected chi connectivity index (χ3v) is 2.51. The average Bonchev–Trinajstić information content (AvgIpc) is 2.28. The number of benzene rings is 1. The van der Waals surface area contributed by atoms with Crippen molar-refractivity contribution in [1.82, 2.24) is 0 Å². The highest BCUT2D eigenvalue weighted by atomic mass is 16.5.